The molecule has 0 atom stereocenters. The Morgan fingerprint density at radius 2 is 1.97 bits per heavy atom. The second-order valence-corrected chi connectivity index (χ2v) is 6.95. The van der Waals surface area contributed by atoms with E-state index in [0.717, 1.165) is 11.3 Å². The molecule has 2 N–H and O–H groups in total. The number of carbonyl (C=O) groups excluding carboxylic acids is 2. The summed E-state index contributed by atoms with van der Waals surface area (Å²) >= 11 is 1.06. The summed E-state index contributed by atoms with van der Waals surface area (Å²) < 4.78 is 14.4. The molecular weight excluding hydrogens is 399 g/mol. The van der Waals surface area contributed by atoms with Gasteiger partial charge in [-0.3, -0.25) is 25.0 Å². The summed E-state index contributed by atoms with van der Waals surface area (Å²) in [7, 11) is 0. The van der Waals surface area contributed by atoms with E-state index >= 15 is 0 Å². The first-order valence-electron chi connectivity index (χ1n) is 8.34. The maximum atomic E-state index is 14.4. The lowest BCUT2D eigenvalue weighted by atomic mass is 10.1. The average Bonchev–Trinajstić information content (AvgIpc) is 3.08. The van der Waals surface area contributed by atoms with Crippen LogP contribution in [0.2, 0.25) is 0 Å². The van der Waals surface area contributed by atoms with Crippen molar-refractivity contribution in [2.75, 3.05) is 10.6 Å². The first-order valence-corrected chi connectivity index (χ1v) is 9.22. The van der Waals surface area contributed by atoms with Gasteiger partial charge in [0.25, 0.3) is 11.6 Å². The normalized spacial score (nSPS) is 10.4. The van der Waals surface area contributed by atoms with E-state index in [1.165, 1.54) is 31.2 Å². The second-order valence-electron chi connectivity index (χ2n) is 6.10. The van der Waals surface area contributed by atoms with Gasteiger partial charge < -0.3 is 5.32 Å². The highest BCUT2D eigenvalue weighted by molar-refractivity contribution is 7.14. The number of nitrogens with zero attached hydrogens (tertiary/aromatic N) is 2. The molecule has 3 aromatic rings. The number of aryl methyl sites for hydroxylation is 1. The van der Waals surface area contributed by atoms with Crippen molar-refractivity contribution in [2.24, 2.45) is 0 Å². The van der Waals surface area contributed by atoms with Crippen LogP contribution in [0.3, 0.4) is 0 Å². The third kappa shape index (κ3) is 4.43. The number of aromatic nitrogens is 1. The van der Waals surface area contributed by atoms with E-state index in [2.05, 4.69) is 15.6 Å². The van der Waals surface area contributed by atoms with Gasteiger partial charge >= 0.3 is 0 Å². The van der Waals surface area contributed by atoms with E-state index in [-0.39, 0.29) is 33.5 Å². The molecule has 2 amide bonds. The van der Waals surface area contributed by atoms with Crippen molar-refractivity contribution in [3.63, 3.8) is 0 Å². The van der Waals surface area contributed by atoms with E-state index in [0.29, 0.717) is 11.3 Å². The number of nitro benzene ring substituents is 1. The van der Waals surface area contributed by atoms with Gasteiger partial charge in [0, 0.05) is 29.1 Å². The molecule has 0 aliphatic rings. The molecule has 0 saturated heterocycles. The fourth-order valence-corrected chi connectivity index (χ4v) is 3.41. The van der Waals surface area contributed by atoms with E-state index in [9.17, 15) is 24.1 Å². The number of para-hydroxylation sites is 1. The molecule has 0 aliphatic carbocycles. The highest BCUT2D eigenvalue weighted by Crippen LogP contribution is 2.30. The van der Waals surface area contributed by atoms with Crippen LogP contribution in [0.25, 0.3) is 11.3 Å². The Balaban J connectivity index is 1.83. The van der Waals surface area contributed by atoms with Gasteiger partial charge in [-0.25, -0.2) is 9.37 Å². The van der Waals surface area contributed by atoms with Gasteiger partial charge in [0.2, 0.25) is 5.91 Å². The molecule has 2 aromatic carbocycles. The lowest BCUT2D eigenvalue weighted by Gasteiger charge is -2.06. The van der Waals surface area contributed by atoms with Crippen LogP contribution >= 0.6 is 11.3 Å². The summed E-state index contributed by atoms with van der Waals surface area (Å²) in [5.74, 6) is -1.59. The number of nitro groups is 1. The number of rotatable bonds is 5. The minimum Gasteiger partial charge on any atom is -0.326 e. The number of benzene rings is 2. The predicted octanol–water partition coefficient (Wildman–Crippen LogP) is 4.38. The van der Waals surface area contributed by atoms with Crippen molar-refractivity contribution in [1.82, 2.24) is 4.98 Å². The molecule has 0 fully saturated rings. The molecule has 0 aliphatic heterocycles. The van der Waals surface area contributed by atoms with Gasteiger partial charge in [-0.2, -0.15) is 0 Å². The SMILES string of the molecule is CC(=O)Nc1ccc(-c2csc(NC(=O)c3cccc(C)c3[N+](=O)[O-])n2)c(F)c1. The van der Waals surface area contributed by atoms with Crippen molar-refractivity contribution >= 4 is 39.7 Å². The fraction of sp³-hybridized carbons (Fsp3) is 0.105. The summed E-state index contributed by atoms with van der Waals surface area (Å²) in [5, 5.41) is 18.0. The molecular formula is C19H15FN4O4S. The number of carbonyl (C=O) groups is 2. The van der Waals surface area contributed by atoms with Crippen molar-refractivity contribution < 1.29 is 18.9 Å². The number of nitrogens with one attached hydrogen (secondary N) is 2. The Kier molecular flexibility index (Phi) is 5.64. The Bertz CT molecular complexity index is 1130. The van der Waals surface area contributed by atoms with Crippen molar-refractivity contribution in [3.8, 4) is 11.3 Å². The van der Waals surface area contributed by atoms with Crippen LogP contribution in [0.4, 0.5) is 20.9 Å². The van der Waals surface area contributed by atoms with Gasteiger partial charge in [-0.15, -0.1) is 11.3 Å². The molecule has 0 unspecified atom stereocenters. The molecule has 0 bridgehead atoms. The van der Waals surface area contributed by atoms with Crippen LogP contribution in [-0.2, 0) is 4.79 Å². The van der Waals surface area contributed by atoms with Gasteiger partial charge in [0.05, 0.1) is 10.6 Å². The Morgan fingerprint density at radius 3 is 2.62 bits per heavy atom. The summed E-state index contributed by atoms with van der Waals surface area (Å²) in [5.41, 5.74) is 0.797. The van der Waals surface area contributed by atoms with Crippen molar-refractivity contribution in [1.29, 1.82) is 0 Å². The topological polar surface area (TPSA) is 114 Å². The number of anilines is 2. The van der Waals surface area contributed by atoms with Crippen molar-refractivity contribution in [3.05, 3.63) is 68.8 Å². The van der Waals surface area contributed by atoms with E-state index in [4.69, 9.17) is 0 Å². The first kappa shape index (κ1) is 20.1. The van der Waals surface area contributed by atoms with E-state index in [1.807, 2.05) is 0 Å². The summed E-state index contributed by atoms with van der Waals surface area (Å²) in [6.45, 7) is 2.86. The lowest BCUT2D eigenvalue weighted by Crippen LogP contribution is -2.14. The van der Waals surface area contributed by atoms with Crippen LogP contribution in [0, 0.1) is 22.9 Å². The van der Waals surface area contributed by atoms with Gasteiger partial charge in [-0.1, -0.05) is 12.1 Å². The molecule has 3 rings (SSSR count). The highest BCUT2D eigenvalue weighted by Gasteiger charge is 2.23. The monoisotopic (exact) mass is 414 g/mol. The molecule has 8 nitrogen and oxygen atoms in total. The first-order chi connectivity index (χ1) is 13.8. The molecule has 0 saturated carbocycles. The van der Waals surface area contributed by atoms with Gasteiger partial charge in [0.1, 0.15) is 11.4 Å². The zero-order chi connectivity index (χ0) is 21.1. The summed E-state index contributed by atoms with van der Waals surface area (Å²) in [6, 6.07) is 8.63. The second kappa shape index (κ2) is 8.15. The third-order valence-electron chi connectivity index (χ3n) is 3.96. The van der Waals surface area contributed by atoms with Crippen LogP contribution in [0.15, 0.2) is 41.8 Å². The Labute approximate surface area is 168 Å². The Morgan fingerprint density at radius 1 is 1.21 bits per heavy atom. The molecule has 1 aromatic heterocycles. The largest absolute Gasteiger partial charge is 0.326 e. The smallest absolute Gasteiger partial charge is 0.285 e. The quantitative estimate of drug-likeness (QED) is 0.475. The molecule has 0 radical (unpaired) electrons. The van der Waals surface area contributed by atoms with Gasteiger partial charge in [0.15, 0.2) is 5.13 Å². The van der Waals surface area contributed by atoms with E-state index < -0.39 is 16.6 Å². The number of amides is 2. The number of hydrogen-bond acceptors (Lipinski definition) is 6. The highest BCUT2D eigenvalue weighted by atomic mass is 32.1. The molecule has 10 heteroatoms. The zero-order valence-corrected chi connectivity index (χ0v) is 16.2. The maximum Gasteiger partial charge on any atom is 0.285 e. The molecule has 1 heterocycles. The van der Waals surface area contributed by atoms with Crippen LogP contribution < -0.4 is 10.6 Å². The Hall–Kier alpha value is -3.66. The molecule has 148 valence electrons. The maximum absolute atomic E-state index is 14.4. The molecule has 29 heavy (non-hydrogen) atoms. The lowest BCUT2D eigenvalue weighted by molar-refractivity contribution is -0.385. The van der Waals surface area contributed by atoms with Crippen molar-refractivity contribution in [2.45, 2.75) is 13.8 Å². The summed E-state index contributed by atoms with van der Waals surface area (Å²) in [4.78, 5) is 38.4. The summed E-state index contributed by atoms with van der Waals surface area (Å²) in [6.07, 6.45) is 0. The zero-order valence-electron chi connectivity index (χ0n) is 15.4. The average molecular weight is 414 g/mol. The predicted molar refractivity (Wildman–Crippen MR) is 108 cm³/mol. The standard InChI is InChI=1S/C19H15FN4O4S/c1-10-4-3-5-14(17(10)24(27)28)18(26)23-19-22-16(9-29-19)13-7-6-12(8-15(13)20)21-11(2)25/h3-9H,1-2H3,(H,21,25)(H,22,23,26). The van der Waals surface area contributed by atoms with Gasteiger partial charge in [-0.05, 0) is 31.2 Å². The fourth-order valence-electron chi connectivity index (χ4n) is 2.71. The minimum absolute atomic E-state index is 0.0856. The van der Waals surface area contributed by atoms with Crippen LogP contribution in [0.1, 0.15) is 22.8 Å². The number of halogens is 1. The third-order valence-corrected chi connectivity index (χ3v) is 4.71. The minimum atomic E-state index is -0.678. The number of hydrogen-bond donors (Lipinski definition) is 2. The van der Waals surface area contributed by atoms with E-state index in [1.54, 1.807) is 24.4 Å². The molecule has 0 spiro atoms. The van der Waals surface area contributed by atoms with Crippen LogP contribution in [-0.4, -0.2) is 21.7 Å². The number of thiazole rings is 1. The van der Waals surface area contributed by atoms with Crippen LogP contribution in [0.5, 0.6) is 0 Å².